The van der Waals surface area contributed by atoms with Gasteiger partial charge in [0.1, 0.15) is 5.82 Å². The lowest BCUT2D eigenvalue weighted by Gasteiger charge is -2.18. The van der Waals surface area contributed by atoms with Crippen LogP contribution in [-0.2, 0) is 0 Å². The Hall–Kier alpha value is -1.39. The Morgan fingerprint density at radius 2 is 1.94 bits per heavy atom. The molecular weight excluding hydrogens is 297 g/mol. The van der Waals surface area contributed by atoms with Gasteiger partial charge < -0.3 is 10.4 Å². The minimum Gasteiger partial charge on any atom is -0.394 e. The molecule has 0 heterocycles. The molecule has 1 unspecified atom stereocenters. The lowest BCUT2D eigenvalue weighted by molar-refractivity contribution is 0.276. The number of hydrogen-bond acceptors (Lipinski definition) is 2. The number of aliphatic hydroxyl groups excluding tert-OH is 1. The van der Waals surface area contributed by atoms with Gasteiger partial charge >= 0.3 is 0 Å². The van der Waals surface area contributed by atoms with Gasteiger partial charge in [0.15, 0.2) is 0 Å². The van der Waals surface area contributed by atoms with E-state index in [2.05, 4.69) is 21.2 Å². The number of halogens is 2. The first-order chi connectivity index (χ1) is 8.69. The SMILES string of the molecule is OCC(Nc1cccc(F)c1)c1cccc(Br)c1. The smallest absolute Gasteiger partial charge is 0.125 e. The first-order valence-electron chi connectivity index (χ1n) is 5.57. The molecule has 4 heteroatoms. The Morgan fingerprint density at radius 1 is 1.17 bits per heavy atom. The van der Waals surface area contributed by atoms with E-state index in [9.17, 15) is 9.50 Å². The number of nitrogens with one attached hydrogen (secondary N) is 1. The Balaban J connectivity index is 2.19. The molecule has 1 atom stereocenters. The lowest BCUT2D eigenvalue weighted by atomic mass is 10.1. The molecule has 0 fully saturated rings. The fourth-order valence-corrected chi connectivity index (χ4v) is 2.15. The van der Waals surface area contributed by atoms with Gasteiger partial charge in [-0.1, -0.05) is 34.1 Å². The van der Waals surface area contributed by atoms with Crippen molar-refractivity contribution in [2.24, 2.45) is 0 Å². The molecule has 0 saturated heterocycles. The van der Waals surface area contributed by atoms with Gasteiger partial charge in [-0.3, -0.25) is 0 Å². The molecule has 2 aromatic carbocycles. The highest BCUT2D eigenvalue weighted by Crippen LogP contribution is 2.22. The highest BCUT2D eigenvalue weighted by atomic mass is 79.9. The van der Waals surface area contributed by atoms with Gasteiger partial charge in [-0.05, 0) is 35.9 Å². The second-order valence-electron chi connectivity index (χ2n) is 3.94. The second kappa shape index (κ2) is 5.98. The van der Waals surface area contributed by atoms with Gasteiger partial charge in [-0.15, -0.1) is 0 Å². The highest BCUT2D eigenvalue weighted by molar-refractivity contribution is 9.10. The molecule has 0 radical (unpaired) electrons. The van der Waals surface area contributed by atoms with Crippen LogP contribution in [0.2, 0.25) is 0 Å². The van der Waals surface area contributed by atoms with Crippen LogP contribution in [0.3, 0.4) is 0 Å². The average molecular weight is 310 g/mol. The predicted octanol–water partition coefficient (Wildman–Crippen LogP) is 3.73. The maximum absolute atomic E-state index is 13.1. The van der Waals surface area contributed by atoms with E-state index in [1.165, 1.54) is 12.1 Å². The number of benzene rings is 2. The lowest BCUT2D eigenvalue weighted by Crippen LogP contribution is -2.14. The molecule has 0 aliphatic rings. The van der Waals surface area contributed by atoms with Crippen molar-refractivity contribution in [1.29, 1.82) is 0 Å². The van der Waals surface area contributed by atoms with Gasteiger partial charge in [0, 0.05) is 10.2 Å². The van der Waals surface area contributed by atoms with Crippen molar-refractivity contribution in [3.63, 3.8) is 0 Å². The maximum atomic E-state index is 13.1. The zero-order chi connectivity index (χ0) is 13.0. The monoisotopic (exact) mass is 309 g/mol. The Kier molecular flexibility index (Phi) is 4.33. The molecule has 2 aromatic rings. The van der Waals surface area contributed by atoms with E-state index in [1.54, 1.807) is 12.1 Å². The summed E-state index contributed by atoms with van der Waals surface area (Å²) in [5.74, 6) is -0.300. The van der Waals surface area contributed by atoms with Gasteiger partial charge in [0.25, 0.3) is 0 Å². The summed E-state index contributed by atoms with van der Waals surface area (Å²) in [6.07, 6.45) is 0. The van der Waals surface area contributed by atoms with Gasteiger partial charge in [-0.2, -0.15) is 0 Å². The maximum Gasteiger partial charge on any atom is 0.125 e. The second-order valence-corrected chi connectivity index (χ2v) is 4.86. The summed E-state index contributed by atoms with van der Waals surface area (Å²) in [6, 6.07) is 13.6. The molecule has 0 spiro atoms. The molecule has 0 aliphatic heterocycles. The Morgan fingerprint density at radius 3 is 2.61 bits per heavy atom. The highest BCUT2D eigenvalue weighted by Gasteiger charge is 2.10. The molecule has 0 aliphatic carbocycles. The number of rotatable bonds is 4. The van der Waals surface area contributed by atoms with Crippen molar-refractivity contribution in [2.45, 2.75) is 6.04 Å². The molecular formula is C14H13BrFNO. The molecule has 18 heavy (non-hydrogen) atoms. The molecule has 2 rings (SSSR count). The Labute approximate surface area is 114 Å². The predicted molar refractivity (Wildman–Crippen MR) is 74.0 cm³/mol. The molecule has 2 N–H and O–H groups in total. The van der Waals surface area contributed by atoms with Crippen LogP contribution in [-0.4, -0.2) is 11.7 Å². The zero-order valence-corrected chi connectivity index (χ0v) is 11.2. The quantitative estimate of drug-likeness (QED) is 0.902. The third-order valence-electron chi connectivity index (χ3n) is 2.60. The van der Waals surface area contributed by atoms with Crippen molar-refractivity contribution in [3.05, 3.63) is 64.4 Å². The van der Waals surface area contributed by atoms with E-state index >= 15 is 0 Å². The van der Waals surface area contributed by atoms with Crippen LogP contribution in [0.4, 0.5) is 10.1 Å². The van der Waals surface area contributed by atoms with Crippen molar-refractivity contribution in [1.82, 2.24) is 0 Å². The fourth-order valence-electron chi connectivity index (χ4n) is 1.74. The van der Waals surface area contributed by atoms with Crippen LogP contribution in [0.1, 0.15) is 11.6 Å². The molecule has 0 saturated carbocycles. The largest absolute Gasteiger partial charge is 0.394 e. The van der Waals surface area contributed by atoms with Crippen molar-refractivity contribution < 1.29 is 9.50 Å². The van der Waals surface area contributed by atoms with Gasteiger partial charge in [0.05, 0.1) is 12.6 Å². The number of anilines is 1. The standard InChI is InChI=1S/C14H13BrFNO/c15-11-4-1-3-10(7-11)14(9-18)17-13-6-2-5-12(16)8-13/h1-8,14,17-18H,9H2. The Bertz CT molecular complexity index is 533. The molecule has 2 nitrogen and oxygen atoms in total. The summed E-state index contributed by atoms with van der Waals surface area (Å²) in [4.78, 5) is 0. The van der Waals surface area contributed by atoms with E-state index in [-0.39, 0.29) is 18.5 Å². The number of aliphatic hydroxyl groups is 1. The first kappa shape index (κ1) is 13.1. The fraction of sp³-hybridized carbons (Fsp3) is 0.143. The van der Waals surface area contributed by atoms with E-state index in [4.69, 9.17) is 0 Å². The van der Waals surface area contributed by atoms with Crippen LogP contribution in [0, 0.1) is 5.82 Å². The summed E-state index contributed by atoms with van der Waals surface area (Å²) in [5.41, 5.74) is 1.59. The van der Waals surface area contributed by atoms with Crippen molar-refractivity contribution >= 4 is 21.6 Å². The summed E-state index contributed by atoms with van der Waals surface area (Å²) in [7, 11) is 0. The summed E-state index contributed by atoms with van der Waals surface area (Å²) in [5, 5.41) is 12.5. The molecule has 0 aromatic heterocycles. The third-order valence-corrected chi connectivity index (χ3v) is 3.09. The molecule has 0 bridgehead atoms. The summed E-state index contributed by atoms with van der Waals surface area (Å²) >= 11 is 3.39. The van der Waals surface area contributed by atoms with Crippen LogP contribution in [0.5, 0.6) is 0 Å². The zero-order valence-electron chi connectivity index (χ0n) is 9.61. The minimum atomic E-state index is -0.300. The van der Waals surface area contributed by atoms with Gasteiger partial charge in [0.2, 0.25) is 0 Å². The summed E-state index contributed by atoms with van der Waals surface area (Å²) < 4.78 is 14.0. The van der Waals surface area contributed by atoms with Crippen molar-refractivity contribution in [3.8, 4) is 0 Å². The summed E-state index contributed by atoms with van der Waals surface area (Å²) in [6.45, 7) is -0.0625. The van der Waals surface area contributed by atoms with E-state index in [0.717, 1.165) is 10.0 Å². The van der Waals surface area contributed by atoms with Crippen molar-refractivity contribution in [2.75, 3.05) is 11.9 Å². The topological polar surface area (TPSA) is 32.3 Å². The van der Waals surface area contributed by atoms with Crippen LogP contribution < -0.4 is 5.32 Å². The van der Waals surface area contributed by atoms with E-state index in [1.807, 2.05) is 24.3 Å². The normalized spacial score (nSPS) is 12.2. The molecule has 0 amide bonds. The van der Waals surface area contributed by atoms with Crippen LogP contribution in [0.15, 0.2) is 53.0 Å². The van der Waals surface area contributed by atoms with E-state index < -0.39 is 0 Å². The number of hydrogen-bond donors (Lipinski definition) is 2. The average Bonchev–Trinajstić information content (AvgIpc) is 2.36. The minimum absolute atomic E-state index is 0.0625. The molecule has 94 valence electrons. The first-order valence-corrected chi connectivity index (χ1v) is 6.37. The van der Waals surface area contributed by atoms with Crippen LogP contribution >= 0.6 is 15.9 Å². The van der Waals surface area contributed by atoms with E-state index in [0.29, 0.717) is 5.69 Å². The third kappa shape index (κ3) is 3.31. The van der Waals surface area contributed by atoms with Crippen LogP contribution in [0.25, 0.3) is 0 Å². The van der Waals surface area contributed by atoms with Gasteiger partial charge in [-0.25, -0.2) is 4.39 Å².